The number of carbonyl (C=O) groups is 2. The number of amides is 1. The number of hydrogen-bond donors (Lipinski definition) is 2. The van der Waals surface area contributed by atoms with Gasteiger partial charge in [-0.1, -0.05) is 6.58 Å². The minimum absolute atomic E-state index is 0.0441. The van der Waals surface area contributed by atoms with Gasteiger partial charge in [-0.25, -0.2) is 9.59 Å². The first-order chi connectivity index (χ1) is 9.43. The summed E-state index contributed by atoms with van der Waals surface area (Å²) >= 11 is 0. The fraction of sp³-hybridized carbons (Fsp3) is 0.714. The first-order valence-electron chi connectivity index (χ1n) is 6.84. The maximum Gasteiger partial charge on any atom is 0.407 e. The Hall–Kier alpha value is -1.56. The maximum absolute atomic E-state index is 11.5. The van der Waals surface area contributed by atoms with Crippen molar-refractivity contribution in [3.63, 3.8) is 0 Å². The molecule has 2 fully saturated rings. The second-order valence-corrected chi connectivity index (χ2v) is 5.58. The van der Waals surface area contributed by atoms with E-state index in [0.29, 0.717) is 6.42 Å². The van der Waals surface area contributed by atoms with Crippen molar-refractivity contribution in [2.45, 2.75) is 44.4 Å². The van der Waals surface area contributed by atoms with Crippen molar-refractivity contribution in [2.75, 3.05) is 7.11 Å². The highest BCUT2D eigenvalue weighted by Crippen LogP contribution is 2.44. The van der Waals surface area contributed by atoms with Gasteiger partial charge in [-0.15, -0.1) is 0 Å². The maximum atomic E-state index is 11.5. The number of carbonyl (C=O) groups excluding carboxylic acids is 1. The molecule has 1 saturated carbocycles. The van der Waals surface area contributed by atoms with E-state index in [2.05, 4.69) is 16.6 Å². The number of aliphatic carboxylic acids is 1. The van der Waals surface area contributed by atoms with Crippen LogP contribution in [0.25, 0.3) is 0 Å². The molecule has 2 rings (SSSR count). The Kier molecular flexibility index (Phi) is 4.32. The van der Waals surface area contributed by atoms with Crippen molar-refractivity contribution in [1.82, 2.24) is 5.32 Å². The van der Waals surface area contributed by atoms with Crippen molar-refractivity contribution in [3.8, 4) is 0 Å². The van der Waals surface area contributed by atoms with E-state index in [0.717, 1.165) is 18.4 Å². The molecule has 1 heterocycles. The Labute approximate surface area is 118 Å². The first-order valence-corrected chi connectivity index (χ1v) is 6.84. The highest BCUT2D eigenvalue weighted by molar-refractivity contribution is 5.80. The van der Waals surface area contributed by atoms with E-state index in [1.54, 1.807) is 0 Å². The van der Waals surface area contributed by atoms with Crippen LogP contribution < -0.4 is 5.32 Å². The lowest BCUT2D eigenvalue weighted by Gasteiger charge is -2.40. The number of carboxylic acid groups (broad SMARTS) is 1. The van der Waals surface area contributed by atoms with Crippen LogP contribution >= 0.6 is 0 Å². The molecule has 112 valence electrons. The molecule has 1 saturated heterocycles. The predicted molar refractivity (Wildman–Crippen MR) is 71.3 cm³/mol. The lowest BCUT2D eigenvalue weighted by atomic mass is 9.77. The summed E-state index contributed by atoms with van der Waals surface area (Å²) in [5, 5.41) is 11.8. The number of methoxy groups -OCH3 is 1. The Morgan fingerprint density at radius 2 is 2.25 bits per heavy atom. The summed E-state index contributed by atoms with van der Waals surface area (Å²) in [7, 11) is 1.22. The standard InChI is InChI=1S/C14H21NO5/c1-7-4-5-9-10(6-8(2)20-12(7)9)11(13(16)17)15-14(18)19-3/h8-12H,1,4-6H2,2-3H3,(H,15,18)(H,16,17). The van der Waals surface area contributed by atoms with Crippen LogP contribution in [-0.2, 0) is 14.3 Å². The Bertz CT molecular complexity index is 422. The Balaban J connectivity index is 2.20. The molecule has 1 aliphatic heterocycles. The summed E-state index contributed by atoms with van der Waals surface area (Å²) in [5.41, 5.74) is 1.02. The SMILES string of the molecule is C=C1CCC2C1OC(C)CC2C(NC(=O)OC)C(=O)O. The summed E-state index contributed by atoms with van der Waals surface area (Å²) in [6.07, 6.45) is 1.46. The van der Waals surface area contributed by atoms with Gasteiger partial charge >= 0.3 is 12.1 Å². The minimum atomic E-state index is -1.04. The molecule has 2 N–H and O–H groups in total. The van der Waals surface area contributed by atoms with Gasteiger partial charge in [0.25, 0.3) is 0 Å². The second kappa shape index (κ2) is 5.83. The normalized spacial score (nSPS) is 34.2. The molecular formula is C14H21NO5. The zero-order chi connectivity index (χ0) is 14.9. The van der Waals surface area contributed by atoms with E-state index in [9.17, 15) is 14.7 Å². The third kappa shape index (κ3) is 2.80. The van der Waals surface area contributed by atoms with Crippen LogP contribution in [0.4, 0.5) is 4.79 Å². The van der Waals surface area contributed by atoms with Crippen molar-refractivity contribution < 1.29 is 24.2 Å². The molecule has 0 aromatic carbocycles. The average Bonchev–Trinajstić information content (AvgIpc) is 2.76. The zero-order valence-corrected chi connectivity index (χ0v) is 11.8. The highest BCUT2D eigenvalue weighted by atomic mass is 16.5. The number of ether oxygens (including phenoxy) is 2. The highest BCUT2D eigenvalue weighted by Gasteiger charge is 2.47. The average molecular weight is 283 g/mol. The van der Waals surface area contributed by atoms with Crippen LogP contribution in [-0.4, -0.2) is 42.5 Å². The topological polar surface area (TPSA) is 84.9 Å². The smallest absolute Gasteiger partial charge is 0.407 e. The van der Waals surface area contributed by atoms with Gasteiger partial charge in [-0.3, -0.25) is 0 Å². The number of fused-ring (bicyclic) bond motifs is 1. The molecular weight excluding hydrogens is 262 g/mol. The van der Waals surface area contributed by atoms with Crippen LogP contribution in [0.15, 0.2) is 12.2 Å². The van der Waals surface area contributed by atoms with Gasteiger partial charge in [0.15, 0.2) is 0 Å². The van der Waals surface area contributed by atoms with Crippen LogP contribution in [0.5, 0.6) is 0 Å². The lowest BCUT2D eigenvalue weighted by Crippen LogP contribution is -2.53. The van der Waals surface area contributed by atoms with Crippen molar-refractivity contribution >= 4 is 12.1 Å². The van der Waals surface area contributed by atoms with E-state index in [1.165, 1.54) is 7.11 Å². The van der Waals surface area contributed by atoms with E-state index in [1.807, 2.05) is 6.92 Å². The van der Waals surface area contributed by atoms with Gasteiger partial charge in [0, 0.05) is 0 Å². The molecule has 6 heteroatoms. The van der Waals surface area contributed by atoms with Gasteiger partial charge < -0.3 is 19.9 Å². The molecule has 0 aromatic heterocycles. The summed E-state index contributed by atoms with van der Waals surface area (Å²) < 4.78 is 10.4. The van der Waals surface area contributed by atoms with Crippen molar-refractivity contribution in [3.05, 3.63) is 12.2 Å². The predicted octanol–water partition coefficient (Wildman–Crippen LogP) is 1.56. The van der Waals surface area contributed by atoms with Crippen LogP contribution in [0, 0.1) is 11.8 Å². The number of hydrogen-bond acceptors (Lipinski definition) is 4. The molecule has 6 nitrogen and oxygen atoms in total. The fourth-order valence-corrected chi connectivity index (χ4v) is 3.37. The van der Waals surface area contributed by atoms with Gasteiger partial charge in [0.2, 0.25) is 0 Å². The molecule has 5 atom stereocenters. The fourth-order valence-electron chi connectivity index (χ4n) is 3.37. The quantitative estimate of drug-likeness (QED) is 0.768. The lowest BCUT2D eigenvalue weighted by molar-refractivity contribution is -0.145. The van der Waals surface area contributed by atoms with Crippen molar-refractivity contribution in [1.29, 1.82) is 0 Å². The van der Waals surface area contributed by atoms with Crippen LogP contribution in [0.3, 0.4) is 0 Å². The third-order valence-electron chi connectivity index (χ3n) is 4.28. The zero-order valence-electron chi connectivity index (χ0n) is 11.8. The van der Waals surface area contributed by atoms with Gasteiger partial charge in [-0.05, 0) is 43.6 Å². The number of rotatable bonds is 3. The number of alkyl carbamates (subject to hydrolysis) is 1. The monoisotopic (exact) mass is 283 g/mol. The number of carboxylic acids is 1. The van der Waals surface area contributed by atoms with E-state index >= 15 is 0 Å². The van der Waals surface area contributed by atoms with Gasteiger partial charge in [0.1, 0.15) is 6.04 Å². The molecule has 1 amide bonds. The summed E-state index contributed by atoms with van der Waals surface area (Å²) in [6.45, 7) is 5.93. The van der Waals surface area contributed by atoms with E-state index in [-0.39, 0.29) is 24.0 Å². The molecule has 0 spiro atoms. The van der Waals surface area contributed by atoms with Crippen LogP contribution in [0.1, 0.15) is 26.2 Å². The molecule has 0 aromatic rings. The van der Waals surface area contributed by atoms with Crippen molar-refractivity contribution in [2.24, 2.45) is 11.8 Å². The summed E-state index contributed by atoms with van der Waals surface area (Å²) in [4.78, 5) is 22.9. The molecule has 20 heavy (non-hydrogen) atoms. The molecule has 5 unspecified atom stereocenters. The van der Waals surface area contributed by atoms with E-state index < -0.39 is 18.1 Å². The van der Waals surface area contributed by atoms with Crippen LogP contribution in [0.2, 0.25) is 0 Å². The Morgan fingerprint density at radius 3 is 2.85 bits per heavy atom. The molecule has 0 radical (unpaired) electrons. The third-order valence-corrected chi connectivity index (χ3v) is 4.28. The number of nitrogens with one attached hydrogen (secondary N) is 1. The van der Waals surface area contributed by atoms with E-state index in [4.69, 9.17) is 4.74 Å². The largest absolute Gasteiger partial charge is 0.480 e. The summed E-state index contributed by atoms with van der Waals surface area (Å²) in [5.74, 6) is -1.11. The first kappa shape index (κ1) is 14.8. The molecule has 1 aliphatic carbocycles. The van der Waals surface area contributed by atoms with Gasteiger partial charge in [0.05, 0.1) is 19.3 Å². The molecule has 0 bridgehead atoms. The Morgan fingerprint density at radius 1 is 1.55 bits per heavy atom. The molecule has 2 aliphatic rings. The summed E-state index contributed by atoms with van der Waals surface area (Å²) in [6, 6.07) is -0.952. The minimum Gasteiger partial charge on any atom is -0.480 e. The second-order valence-electron chi connectivity index (χ2n) is 5.58. The van der Waals surface area contributed by atoms with Gasteiger partial charge in [-0.2, -0.15) is 0 Å².